The highest BCUT2D eigenvalue weighted by atomic mass is 16.8. The Labute approximate surface area is 135 Å². The third-order valence-electron chi connectivity index (χ3n) is 4.70. The lowest BCUT2D eigenvalue weighted by Gasteiger charge is -2.26. The summed E-state index contributed by atoms with van der Waals surface area (Å²) in [6.07, 6.45) is 0.407. The Balaban J connectivity index is 1.44. The van der Waals surface area contributed by atoms with Gasteiger partial charge < -0.3 is 28.8 Å². The van der Waals surface area contributed by atoms with Crippen LogP contribution in [0.4, 0.5) is 0 Å². The molecule has 3 aliphatic rings. The second-order valence-corrected chi connectivity index (χ2v) is 6.20. The smallest absolute Gasteiger partial charge is 0.189 e. The second kappa shape index (κ2) is 6.84. The predicted molar refractivity (Wildman–Crippen MR) is 79.5 cm³/mol. The molecular formula is C17H22O6. The molecule has 126 valence electrons. The molecule has 0 amide bonds. The van der Waals surface area contributed by atoms with Gasteiger partial charge in [-0.1, -0.05) is 30.3 Å². The largest absolute Gasteiger partial charge is 0.394 e. The van der Waals surface area contributed by atoms with Crippen molar-refractivity contribution in [2.75, 3.05) is 13.4 Å². The van der Waals surface area contributed by atoms with E-state index in [4.69, 9.17) is 23.7 Å². The van der Waals surface area contributed by atoms with Gasteiger partial charge in [-0.2, -0.15) is 0 Å². The fourth-order valence-corrected chi connectivity index (χ4v) is 3.51. The summed E-state index contributed by atoms with van der Waals surface area (Å²) in [5.41, 5.74) is 1.11. The number of benzene rings is 1. The number of aliphatic hydroxyl groups excluding tert-OH is 1. The van der Waals surface area contributed by atoms with Gasteiger partial charge in [-0.05, 0) is 18.4 Å². The fraction of sp³-hybridized carbons (Fsp3) is 0.647. The highest BCUT2D eigenvalue weighted by molar-refractivity contribution is 5.13. The lowest BCUT2D eigenvalue weighted by molar-refractivity contribution is -0.171. The van der Waals surface area contributed by atoms with Gasteiger partial charge in [-0.25, -0.2) is 0 Å². The number of ether oxygens (including phenoxy) is 5. The van der Waals surface area contributed by atoms with Crippen molar-refractivity contribution < 1.29 is 28.8 Å². The Hall–Kier alpha value is -1.02. The van der Waals surface area contributed by atoms with Gasteiger partial charge in [-0.3, -0.25) is 0 Å². The molecule has 0 aromatic heterocycles. The van der Waals surface area contributed by atoms with Crippen LogP contribution in [0.3, 0.4) is 0 Å². The molecule has 0 spiro atoms. The predicted octanol–water partition coefficient (Wildman–Crippen LogP) is 1.21. The van der Waals surface area contributed by atoms with Crippen LogP contribution in [0.1, 0.15) is 18.4 Å². The third kappa shape index (κ3) is 3.15. The minimum absolute atomic E-state index is 0.0403. The molecule has 0 aliphatic carbocycles. The maximum Gasteiger partial charge on any atom is 0.189 e. The zero-order valence-corrected chi connectivity index (χ0v) is 12.9. The summed E-state index contributed by atoms with van der Waals surface area (Å²) >= 11 is 0. The maximum atomic E-state index is 9.26. The van der Waals surface area contributed by atoms with E-state index in [1.165, 1.54) is 0 Å². The van der Waals surface area contributed by atoms with Crippen molar-refractivity contribution in [2.45, 2.75) is 56.3 Å². The van der Waals surface area contributed by atoms with E-state index in [0.717, 1.165) is 18.4 Å². The number of fused-ring (bicyclic) bond motifs is 1. The van der Waals surface area contributed by atoms with Gasteiger partial charge in [0.25, 0.3) is 0 Å². The van der Waals surface area contributed by atoms with Crippen molar-refractivity contribution in [3.8, 4) is 0 Å². The average Bonchev–Trinajstić information content (AvgIpc) is 3.29. The van der Waals surface area contributed by atoms with Crippen LogP contribution in [0, 0.1) is 0 Å². The summed E-state index contributed by atoms with van der Waals surface area (Å²) in [7, 11) is 0. The standard InChI is InChI=1S/C17H22O6/c18-8-12-6-7-13(22-12)14-15(16-17(23-14)21-10-20-16)19-9-11-4-2-1-3-5-11/h1-5,12-18H,6-10H2/t12?,13-,14-,15-,16+,17+/m0/s1. The van der Waals surface area contributed by atoms with Gasteiger partial charge in [0.15, 0.2) is 13.1 Å². The lowest BCUT2D eigenvalue weighted by Crippen LogP contribution is -2.41. The van der Waals surface area contributed by atoms with E-state index in [2.05, 4.69) is 0 Å². The van der Waals surface area contributed by atoms with Crippen LogP contribution < -0.4 is 0 Å². The first kappa shape index (κ1) is 15.5. The van der Waals surface area contributed by atoms with Crippen molar-refractivity contribution in [1.82, 2.24) is 0 Å². The Morgan fingerprint density at radius 2 is 1.91 bits per heavy atom. The summed E-state index contributed by atoms with van der Waals surface area (Å²) in [5.74, 6) is 0. The van der Waals surface area contributed by atoms with Crippen molar-refractivity contribution in [3.63, 3.8) is 0 Å². The number of aliphatic hydroxyl groups is 1. The molecule has 1 aromatic rings. The topological polar surface area (TPSA) is 66.4 Å². The molecule has 0 radical (unpaired) electrons. The van der Waals surface area contributed by atoms with Crippen LogP contribution in [-0.4, -0.2) is 55.3 Å². The zero-order valence-electron chi connectivity index (χ0n) is 12.9. The molecule has 0 saturated carbocycles. The van der Waals surface area contributed by atoms with Crippen LogP contribution >= 0.6 is 0 Å². The maximum absolute atomic E-state index is 9.26. The summed E-state index contributed by atoms with van der Waals surface area (Å²) in [5, 5.41) is 9.26. The normalized spacial score (nSPS) is 39.7. The minimum atomic E-state index is -0.391. The highest BCUT2D eigenvalue weighted by Gasteiger charge is 2.54. The molecule has 3 fully saturated rings. The molecule has 6 heteroatoms. The molecule has 1 aromatic carbocycles. The van der Waals surface area contributed by atoms with E-state index in [1.807, 2.05) is 30.3 Å². The molecule has 6 atom stereocenters. The molecule has 23 heavy (non-hydrogen) atoms. The van der Waals surface area contributed by atoms with E-state index in [1.54, 1.807) is 0 Å². The van der Waals surface area contributed by atoms with Gasteiger partial charge in [0.1, 0.15) is 18.3 Å². The first-order chi connectivity index (χ1) is 11.3. The molecular weight excluding hydrogens is 300 g/mol. The van der Waals surface area contributed by atoms with E-state index < -0.39 is 6.29 Å². The average molecular weight is 322 g/mol. The Morgan fingerprint density at radius 3 is 2.70 bits per heavy atom. The molecule has 1 unspecified atom stereocenters. The first-order valence-corrected chi connectivity index (χ1v) is 8.15. The summed E-state index contributed by atoms with van der Waals surface area (Å²) in [6.45, 7) is 0.769. The Kier molecular flexibility index (Phi) is 4.61. The second-order valence-electron chi connectivity index (χ2n) is 6.20. The summed E-state index contributed by atoms with van der Waals surface area (Å²) in [4.78, 5) is 0. The van der Waals surface area contributed by atoms with Crippen LogP contribution in [0.5, 0.6) is 0 Å². The van der Waals surface area contributed by atoms with Gasteiger partial charge in [0.05, 0.1) is 25.4 Å². The number of hydrogen-bond acceptors (Lipinski definition) is 6. The Morgan fingerprint density at radius 1 is 1.04 bits per heavy atom. The van der Waals surface area contributed by atoms with Gasteiger partial charge >= 0.3 is 0 Å². The molecule has 3 heterocycles. The molecule has 0 bridgehead atoms. The first-order valence-electron chi connectivity index (χ1n) is 8.15. The SMILES string of the molecule is OCC1CC[C@@H]([C@@H]2O[C@H]3OCO[C@@H]3[C@H]2OCc2ccccc2)O1. The van der Waals surface area contributed by atoms with E-state index in [-0.39, 0.29) is 43.9 Å². The molecule has 3 aliphatic heterocycles. The van der Waals surface area contributed by atoms with E-state index in [0.29, 0.717) is 6.61 Å². The molecule has 1 N–H and O–H groups in total. The molecule has 3 saturated heterocycles. The lowest BCUT2D eigenvalue weighted by atomic mass is 10.0. The van der Waals surface area contributed by atoms with Crippen molar-refractivity contribution in [1.29, 1.82) is 0 Å². The molecule has 6 nitrogen and oxygen atoms in total. The van der Waals surface area contributed by atoms with Crippen molar-refractivity contribution in [2.24, 2.45) is 0 Å². The van der Waals surface area contributed by atoms with Crippen molar-refractivity contribution in [3.05, 3.63) is 35.9 Å². The number of hydrogen-bond donors (Lipinski definition) is 1. The van der Waals surface area contributed by atoms with Crippen LogP contribution in [-0.2, 0) is 30.3 Å². The molecule has 4 rings (SSSR count). The minimum Gasteiger partial charge on any atom is -0.394 e. The van der Waals surface area contributed by atoms with E-state index in [9.17, 15) is 5.11 Å². The summed E-state index contributed by atoms with van der Waals surface area (Å²) < 4.78 is 29.1. The third-order valence-corrected chi connectivity index (χ3v) is 4.70. The van der Waals surface area contributed by atoms with Crippen LogP contribution in [0.2, 0.25) is 0 Å². The quantitative estimate of drug-likeness (QED) is 0.879. The van der Waals surface area contributed by atoms with Crippen molar-refractivity contribution >= 4 is 0 Å². The van der Waals surface area contributed by atoms with E-state index >= 15 is 0 Å². The van der Waals surface area contributed by atoms with Crippen LogP contribution in [0.15, 0.2) is 30.3 Å². The zero-order chi connectivity index (χ0) is 15.6. The van der Waals surface area contributed by atoms with Crippen LogP contribution in [0.25, 0.3) is 0 Å². The highest BCUT2D eigenvalue weighted by Crippen LogP contribution is 2.37. The van der Waals surface area contributed by atoms with Gasteiger partial charge in [-0.15, -0.1) is 0 Å². The summed E-state index contributed by atoms with van der Waals surface area (Å²) in [6, 6.07) is 10.0. The van der Waals surface area contributed by atoms with Gasteiger partial charge in [0.2, 0.25) is 0 Å². The Bertz CT molecular complexity index is 509. The number of rotatable bonds is 5. The monoisotopic (exact) mass is 322 g/mol. The van der Waals surface area contributed by atoms with Gasteiger partial charge in [0, 0.05) is 0 Å². The fourth-order valence-electron chi connectivity index (χ4n) is 3.51.